The van der Waals surface area contributed by atoms with Gasteiger partial charge in [-0.2, -0.15) is 11.8 Å². The zero-order valence-electron chi connectivity index (χ0n) is 10.9. The zero-order valence-corrected chi connectivity index (χ0v) is 12.5. The molecule has 1 aromatic rings. The third kappa shape index (κ3) is 2.91. The zero-order chi connectivity index (χ0) is 14.9. The predicted molar refractivity (Wildman–Crippen MR) is 76.0 cm³/mol. The summed E-state index contributed by atoms with van der Waals surface area (Å²) >= 11 is 1.58. The number of thioether (sulfide) groups is 1. The topological polar surface area (TPSA) is 72.2 Å². The minimum atomic E-state index is -4.04. The van der Waals surface area contributed by atoms with Gasteiger partial charge >= 0.3 is 0 Å². The Balaban J connectivity index is 2.29. The SMILES string of the molecule is CSC1CCCC1NS(=O)(=O)c1ccc(F)c(N)c1F. The molecule has 0 radical (unpaired) electrons. The van der Waals surface area contributed by atoms with E-state index in [1.807, 2.05) is 6.26 Å². The van der Waals surface area contributed by atoms with E-state index >= 15 is 0 Å². The molecule has 0 amide bonds. The van der Waals surface area contributed by atoms with Gasteiger partial charge in [0, 0.05) is 11.3 Å². The first kappa shape index (κ1) is 15.5. The Hall–Kier alpha value is -0.860. The summed E-state index contributed by atoms with van der Waals surface area (Å²) < 4.78 is 53.8. The van der Waals surface area contributed by atoms with E-state index in [0.29, 0.717) is 6.42 Å². The van der Waals surface area contributed by atoms with Crippen LogP contribution < -0.4 is 10.5 Å². The Labute approximate surface area is 121 Å². The lowest BCUT2D eigenvalue weighted by Crippen LogP contribution is -2.39. The van der Waals surface area contributed by atoms with E-state index < -0.39 is 32.2 Å². The molecule has 20 heavy (non-hydrogen) atoms. The van der Waals surface area contributed by atoms with Crippen molar-refractivity contribution in [3.63, 3.8) is 0 Å². The quantitative estimate of drug-likeness (QED) is 0.833. The molecule has 1 aliphatic rings. The van der Waals surface area contributed by atoms with Crippen molar-refractivity contribution in [1.29, 1.82) is 0 Å². The molecule has 0 bridgehead atoms. The summed E-state index contributed by atoms with van der Waals surface area (Å²) in [5.41, 5.74) is 4.42. The highest BCUT2D eigenvalue weighted by Crippen LogP contribution is 2.30. The number of sulfonamides is 1. The third-order valence-electron chi connectivity index (χ3n) is 3.44. The van der Waals surface area contributed by atoms with Gasteiger partial charge in [0.2, 0.25) is 10.0 Å². The molecule has 1 aliphatic carbocycles. The second-order valence-corrected chi connectivity index (χ2v) is 7.47. The monoisotopic (exact) mass is 322 g/mol. The van der Waals surface area contributed by atoms with E-state index in [1.165, 1.54) is 0 Å². The lowest BCUT2D eigenvalue weighted by atomic mass is 10.3. The summed E-state index contributed by atoms with van der Waals surface area (Å²) in [6.07, 6.45) is 4.46. The number of rotatable bonds is 4. The average Bonchev–Trinajstić information content (AvgIpc) is 2.82. The molecule has 1 aromatic carbocycles. The van der Waals surface area contributed by atoms with Crippen molar-refractivity contribution in [2.45, 2.75) is 35.4 Å². The van der Waals surface area contributed by atoms with Crippen molar-refractivity contribution >= 4 is 27.5 Å². The van der Waals surface area contributed by atoms with Crippen molar-refractivity contribution in [2.24, 2.45) is 0 Å². The molecule has 112 valence electrons. The van der Waals surface area contributed by atoms with E-state index in [0.717, 1.165) is 25.0 Å². The van der Waals surface area contributed by atoms with Gasteiger partial charge in [0.05, 0.1) is 0 Å². The van der Waals surface area contributed by atoms with Crippen LogP contribution in [-0.2, 0) is 10.0 Å². The average molecular weight is 322 g/mol. The van der Waals surface area contributed by atoms with Crippen molar-refractivity contribution < 1.29 is 17.2 Å². The molecule has 0 heterocycles. The molecular formula is C12H16F2N2O2S2. The Morgan fingerprint density at radius 2 is 2.05 bits per heavy atom. The van der Waals surface area contributed by atoms with Gasteiger partial charge in [0.15, 0.2) is 5.82 Å². The van der Waals surface area contributed by atoms with Crippen LogP contribution in [0.2, 0.25) is 0 Å². The molecule has 3 N–H and O–H groups in total. The van der Waals surface area contributed by atoms with Crippen LogP contribution in [0, 0.1) is 11.6 Å². The second kappa shape index (κ2) is 5.87. The molecule has 0 aromatic heterocycles. The fourth-order valence-corrected chi connectivity index (χ4v) is 4.78. The van der Waals surface area contributed by atoms with Gasteiger partial charge in [-0.05, 0) is 31.2 Å². The summed E-state index contributed by atoms with van der Waals surface area (Å²) in [5.74, 6) is -2.21. The molecular weight excluding hydrogens is 306 g/mol. The maximum atomic E-state index is 13.8. The summed E-state index contributed by atoms with van der Waals surface area (Å²) in [5, 5.41) is 0.172. The Morgan fingerprint density at radius 1 is 1.35 bits per heavy atom. The number of benzene rings is 1. The third-order valence-corrected chi connectivity index (χ3v) is 6.12. The molecule has 2 atom stereocenters. The number of nitrogens with one attached hydrogen (secondary N) is 1. The molecule has 4 nitrogen and oxygen atoms in total. The molecule has 2 unspecified atom stereocenters. The molecule has 8 heteroatoms. The van der Waals surface area contributed by atoms with Gasteiger partial charge in [-0.1, -0.05) is 6.42 Å². The Kier molecular flexibility index (Phi) is 4.55. The van der Waals surface area contributed by atoms with Crippen LogP contribution in [0.25, 0.3) is 0 Å². The number of nitrogens with two attached hydrogens (primary N) is 1. The minimum absolute atomic E-state index is 0.172. The normalized spacial score (nSPS) is 23.1. The van der Waals surface area contributed by atoms with Crippen LogP contribution in [0.3, 0.4) is 0 Å². The van der Waals surface area contributed by atoms with Gasteiger partial charge in [-0.3, -0.25) is 0 Å². The number of anilines is 1. The Bertz CT molecular complexity index is 608. The Morgan fingerprint density at radius 3 is 2.70 bits per heavy atom. The molecule has 2 rings (SSSR count). The van der Waals surface area contributed by atoms with Gasteiger partial charge in [-0.15, -0.1) is 0 Å². The van der Waals surface area contributed by atoms with Gasteiger partial charge in [-0.25, -0.2) is 21.9 Å². The number of nitrogen functional groups attached to an aromatic ring is 1. The fraction of sp³-hybridized carbons (Fsp3) is 0.500. The van der Waals surface area contributed by atoms with Gasteiger partial charge < -0.3 is 5.73 Å². The maximum Gasteiger partial charge on any atom is 0.243 e. The maximum absolute atomic E-state index is 13.8. The van der Waals surface area contributed by atoms with Crippen LogP contribution in [-0.4, -0.2) is 26.0 Å². The van der Waals surface area contributed by atoms with Crippen LogP contribution in [0.4, 0.5) is 14.5 Å². The van der Waals surface area contributed by atoms with Crippen molar-refractivity contribution in [3.8, 4) is 0 Å². The first-order chi connectivity index (χ1) is 9.36. The highest BCUT2D eigenvalue weighted by atomic mass is 32.2. The largest absolute Gasteiger partial charge is 0.394 e. The second-order valence-electron chi connectivity index (χ2n) is 4.71. The van der Waals surface area contributed by atoms with E-state index in [9.17, 15) is 17.2 Å². The lowest BCUT2D eigenvalue weighted by Gasteiger charge is -2.19. The highest BCUT2D eigenvalue weighted by Gasteiger charge is 2.32. The first-order valence-electron chi connectivity index (χ1n) is 6.15. The summed E-state index contributed by atoms with van der Waals surface area (Å²) in [7, 11) is -4.04. The van der Waals surface area contributed by atoms with E-state index in [-0.39, 0.29) is 11.3 Å². The molecule has 0 aliphatic heterocycles. The summed E-state index contributed by atoms with van der Waals surface area (Å²) in [4.78, 5) is -0.608. The van der Waals surface area contributed by atoms with Crippen LogP contribution in [0.5, 0.6) is 0 Å². The van der Waals surface area contributed by atoms with E-state index in [1.54, 1.807) is 11.8 Å². The van der Waals surface area contributed by atoms with Gasteiger partial charge in [0.25, 0.3) is 0 Å². The number of halogens is 2. The molecule has 0 spiro atoms. The smallest absolute Gasteiger partial charge is 0.243 e. The van der Waals surface area contributed by atoms with E-state index in [2.05, 4.69) is 4.72 Å². The summed E-state index contributed by atoms with van der Waals surface area (Å²) in [6, 6.07) is 1.51. The fourth-order valence-electron chi connectivity index (χ4n) is 2.36. The van der Waals surface area contributed by atoms with Crippen LogP contribution >= 0.6 is 11.8 Å². The number of hydrogen-bond donors (Lipinski definition) is 2. The summed E-state index contributed by atoms with van der Waals surface area (Å²) in [6.45, 7) is 0. The molecule has 1 saturated carbocycles. The molecule has 1 fully saturated rings. The van der Waals surface area contributed by atoms with E-state index in [4.69, 9.17) is 5.73 Å². The predicted octanol–water partition coefficient (Wildman–Crippen LogP) is 2.11. The lowest BCUT2D eigenvalue weighted by molar-refractivity contribution is 0.534. The minimum Gasteiger partial charge on any atom is -0.394 e. The molecule has 0 saturated heterocycles. The van der Waals surface area contributed by atoms with Gasteiger partial charge in [0.1, 0.15) is 16.4 Å². The van der Waals surface area contributed by atoms with Crippen molar-refractivity contribution in [3.05, 3.63) is 23.8 Å². The van der Waals surface area contributed by atoms with Crippen molar-refractivity contribution in [1.82, 2.24) is 4.72 Å². The highest BCUT2D eigenvalue weighted by molar-refractivity contribution is 7.99. The standard InChI is InChI=1S/C12H16F2N2O2S2/c1-19-9-4-2-3-8(9)16-20(17,18)10-6-5-7(13)12(15)11(10)14/h5-6,8-9,16H,2-4,15H2,1H3. The first-order valence-corrected chi connectivity index (χ1v) is 8.92. The number of hydrogen-bond acceptors (Lipinski definition) is 4. The van der Waals surface area contributed by atoms with Crippen LogP contribution in [0.1, 0.15) is 19.3 Å². The van der Waals surface area contributed by atoms with Crippen molar-refractivity contribution in [2.75, 3.05) is 12.0 Å². The van der Waals surface area contributed by atoms with Crippen LogP contribution in [0.15, 0.2) is 17.0 Å².